The molecule has 2 aromatic rings. The highest BCUT2D eigenvalue weighted by Gasteiger charge is 2.30. The maximum Gasteiger partial charge on any atom is 0.337 e. The first-order valence-electron chi connectivity index (χ1n) is 7.42. The van der Waals surface area contributed by atoms with E-state index >= 15 is 0 Å². The summed E-state index contributed by atoms with van der Waals surface area (Å²) in [5.41, 5.74) is 2.15. The molecule has 0 aromatic heterocycles. The van der Waals surface area contributed by atoms with Crippen LogP contribution in [-0.2, 0) is 14.9 Å². The second-order valence-electron chi connectivity index (χ2n) is 5.97. The van der Waals surface area contributed by atoms with Crippen LogP contribution in [0.1, 0.15) is 35.3 Å². The number of hydrogen-bond acceptors (Lipinski definition) is 3. The number of aryl methyl sites for hydroxylation is 1. The summed E-state index contributed by atoms with van der Waals surface area (Å²) in [6.07, 6.45) is 0. The van der Waals surface area contributed by atoms with E-state index in [0.717, 1.165) is 11.1 Å². The second kappa shape index (κ2) is 6.65. The first kappa shape index (κ1) is 16.7. The van der Waals surface area contributed by atoms with Crippen LogP contribution in [0.4, 0.5) is 5.69 Å². The fraction of sp³-hybridized carbons (Fsp3) is 0.263. The highest BCUT2D eigenvalue weighted by Crippen LogP contribution is 2.26. The van der Waals surface area contributed by atoms with Gasteiger partial charge < -0.3 is 10.1 Å². The number of benzene rings is 2. The van der Waals surface area contributed by atoms with E-state index in [1.54, 1.807) is 18.2 Å². The molecule has 0 fully saturated rings. The molecule has 2 aromatic carbocycles. The zero-order valence-electron chi connectivity index (χ0n) is 13.8. The van der Waals surface area contributed by atoms with E-state index in [4.69, 9.17) is 4.74 Å². The van der Waals surface area contributed by atoms with Gasteiger partial charge in [0.15, 0.2) is 0 Å². The lowest BCUT2D eigenvalue weighted by atomic mass is 9.83. The maximum atomic E-state index is 12.7. The van der Waals surface area contributed by atoms with Crippen LogP contribution >= 0.6 is 0 Å². The van der Waals surface area contributed by atoms with Gasteiger partial charge in [0.1, 0.15) is 0 Å². The fourth-order valence-corrected chi connectivity index (χ4v) is 2.27. The van der Waals surface area contributed by atoms with Crippen LogP contribution in [0.15, 0.2) is 48.5 Å². The van der Waals surface area contributed by atoms with Crippen molar-refractivity contribution in [2.45, 2.75) is 26.2 Å². The molecule has 4 nitrogen and oxygen atoms in total. The number of hydrogen-bond donors (Lipinski definition) is 1. The summed E-state index contributed by atoms with van der Waals surface area (Å²) in [5.74, 6) is -0.559. The van der Waals surface area contributed by atoms with Crippen molar-refractivity contribution < 1.29 is 14.3 Å². The third-order valence-electron chi connectivity index (χ3n) is 3.97. The van der Waals surface area contributed by atoms with Crippen LogP contribution < -0.4 is 5.32 Å². The van der Waals surface area contributed by atoms with Crippen molar-refractivity contribution >= 4 is 17.6 Å². The predicted molar refractivity (Wildman–Crippen MR) is 90.6 cm³/mol. The van der Waals surface area contributed by atoms with Crippen molar-refractivity contribution in [1.29, 1.82) is 0 Å². The molecule has 1 N–H and O–H groups in total. The molecule has 0 aliphatic rings. The number of methoxy groups -OCH3 is 1. The summed E-state index contributed by atoms with van der Waals surface area (Å²) in [5, 5.41) is 2.92. The molecule has 120 valence electrons. The quantitative estimate of drug-likeness (QED) is 0.876. The third kappa shape index (κ3) is 3.59. The van der Waals surface area contributed by atoms with E-state index in [1.165, 1.54) is 7.11 Å². The molecule has 0 bridgehead atoms. The third-order valence-corrected chi connectivity index (χ3v) is 3.97. The van der Waals surface area contributed by atoms with Crippen molar-refractivity contribution in [2.75, 3.05) is 12.4 Å². The van der Waals surface area contributed by atoms with Crippen molar-refractivity contribution in [2.24, 2.45) is 0 Å². The lowest BCUT2D eigenvalue weighted by molar-refractivity contribution is -0.120. The smallest absolute Gasteiger partial charge is 0.337 e. The van der Waals surface area contributed by atoms with E-state index in [1.807, 2.05) is 51.1 Å². The number of ether oxygens (including phenoxy) is 1. The van der Waals surface area contributed by atoms with E-state index in [0.29, 0.717) is 11.3 Å². The molecule has 0 saturated heterocycles. The van der Waals surface area contributed by atoms with Gasteiger partial charge in [-0.15, -0.1) is 0 Å². The lowest BCUT2D eigenvalue weighted by Crippen LogP contribution is -2.35. The Morgan fingerprint density at radius 1 is 1.04 bits per heavy atom. The largest absolute Gasteiger partial charge is 0.465 e. The van der Waals surface area contributed by atoms with E-state index in [-0.39, 0.29) is 5.91 Å². The summed E-state index contributed by atoms with van der Waals surface area (Å²) in [6, 6.07) is 14.7. The molecule has 0 saturated carbocycles. The van der Waals surface area contributed by atoms with Crippen LogP contribution in [0.5, 0.6) is 0 Å². The molecule has 0 spiro atoms. The first-order chi connectivity index (χ1) is 10.9. The van der Waals surface area contributed by atoms with Gasteiger partial charge >= 0.3 is 5.97 Å². The van der Waals surface area contributed by atoms with Gasteiger partial charge in [0.25, 0.3) is 0 Å². The van der Waals surface area contributed by atoms with E-state index in [2.05, 4.69) is 5.32 Å². The fourth-order valence-electron chi connectivity index (χ4n) is 2.27. The zero-order chi connectivity index (χ0) is 17.0. The highest BCUT2D eigenvalue weighted by atomic mass is 16.5. The van der Waals surface area contributed by atoms with Gasteiger partial charge in [-0.3, -0.25) is 4.79 Å². The molecule has 0 atom stereocenters. The molecule has 23 heavy (non-hydrogen) atoms. The molecule has 0 radical (unpaired) electrons. The zero-order valence-corrected chi connectivity index (χ0v) is 13.8. The van der Waals surface area contributed by atoms with Gasteiger partial charge in [-0.25, -0.2) is 4.79 Å². The van der Waals surface area contributed by atoms with Crippen molar-refractivity contribution in [1.82, 2.24) is 0 Å². The van der Waals surface area contributed by atoms with Crippen LogP contribution in [0.25, 0.3) is 0 Å². The molecule has 0 aliphatic heterocycles. The first-order valence-corrected chi connectivity index (χ1v) is 7.42. The molecule has 4 heteroatoms. The van der Waals surface area contributed by atoms with Crippen LogP contribution in [0.3, 0.4) is 0 Å². The van der Waals surface area contributed by atoms with Gasteiger partial charge in [-0.1, -0.05) is 36.4 Å². The highest BCUT2D eigenvalue weighted by molar-refractivity contribution is 6.00. The number of carbonyl (C=O) groups excluding carboxylic acids is 2. The summed E-state index contributed by atoms with van der Waals surface area (Å²) < 4.78 is 4.72. The van der Waals surface area contributed by atoms with E-state index in [9.17, 15) is 9.59 Å². The molecule has 2 rings (SSSR count). The minimum atomic E-state index is -0.686. The summed E-state index contributed by atoms with van der Waals surface area (Å²) >= 11 is 0. The Morgan fingerprint density at radius 2 is 1.70 bits per heavy atom. The second-order valence-corrected chi connectivity index (χ2v) is 5.97. The SMILES string of the molecule is COC(=O)c1ccc(C)c(NC(=O)C(C)(C)c2ccccc2)c1. The van der Waals surface area contributed by atoms with Gasteiger partial charge in [0, 0.05) is 5.69 Å². The number of anilines is 1. The van der Waals surface area contributed by atoms with Crippen molar-refractivity contribution in [3.8, 4) is 0 Å². The van der Waals surface area contributed by atoms with Crippen LogP contribution in [0, 0.1) is 6.92 Å². The normalized spacial score (nSPS) is 11.0. The number of nitrogens with one attached hydrogen (secondary N) is 1. The Kier molecular flexibility index (Phi) is 4.84. The number of amides is 1. The minimum absolute atomic E-state index is 0.131. The standard InChI is InChI=1S/C19H21NO3/c1-13-10-11-14(17(21)23-4)12-16(13)20-18(22)19(2,3)15-8-6-5-7-9-15/h5-12H,1-4H3,(H,20,22). The Morgan fingerprint density at radius 3 is 2.30 bits per heavy atom. The van der Waals surface area contributed by atoms with Crippen LogP contribution in [0.2, 0.25) is 0 Å². The summed E-state index contributed by atoms with van der Waals surface area (Å²) in [7, 11) is 1.33. The van der Waals surface area contributed by atoms with Gasteiger partial charge in [-0.05, 0) is 44.0 Å². The summed E-state index contributed by atoms with van der Waals surface area (Å²) in [4.78, 5) is 24.4. The Balaban J connectivity index is 2.28. The van der Waals surface area contributed by atoms with Crippen molar-refractivity contribution in [3.63, 3.8) is 0 Å². The summed E-state index contributed by atoms with van der Waals surface area (Å²) in [6.45, 7) is 5.63. The lowest BCUT2D eigenvalue weighted by Gasteiger charge is -2.24. The molecular formula is C19H21NO3. The van der Waals surface area contributed by atoms with Crippen LogP contribution in [-0.4, -0.2) is 19.0 Å². The number of rotatable bonds is 4. The van der Waals surface area contributed by atoms with E-state index < -0.39 is 11.4 Å². The Hall–Kier alpha value is -2.62. The monoisotopic (exact) mass is 311 g/mol. The molecule has 0 heterocycles. The topological polar surface area (TPSA) is 55.4 Å². The minimum Gasteiger partial charge on any atom is -0.465 e. The average molecular weight is 311 g/mol. The maximum absolute atomic E-state index is 12.7. The van der Waals surface area contributed by atoms with Gasteiger partial charge in [0.2, 0.25) is 5.91 Å². The molecule has 1 amide bonds. The number of carbonyl (C=O) groups is 2. The van der Waals surface area contributed by atoms with Crippen molar-refractivity contribution in [3.05, 3.63) is 65.2 Å². The Bertz CT molecular complexity index is 721. The molecule has 0 unspecified atom stereocenters. The predicted octanol–water partition coefficient (Wildman–Crippen LogP) is 3.70. The Labute approximate surface area is 136 Å². The van der Waals surface area contributed by atoms with Gasteiger partial charge in [-0.2, -0.15) is 0 Å². The average Bonchev–Trinajstić information content (AvgIpc) is 2.56. The molecule has 0 aliphatic carbocycles. The molecular weight excluding hydrogens is 290 g/mol. The van der Waals surface area contributed by atoms with Gasteiger partial charge in [0.05, 0.1) is 18.1 Å². The number of esters is 1.